The molecule has 1 aliphatic heterocycles. The van der Waals surface area contributed by atoms with Crippen molar-refractivity contribution < 1.29 is 16.8 Å². The fourth-order valence-electron chi connectivity index (χ4n) is 3.66. The van der Waals surface area contributed by atoms with E-state index < -0.39 is 22.5 Å². The second kappa shape index (κ2) is 6.32. The standard InChI is InChI=1S/C18H19NO4S2/c1-11-8-12(2)18(13(3)9-11)23-25(21)19-17-15-7-5-4-6-14(15)10-16(17)22-24(19)20/h4-9,16-17H,10H2,1-3H3/t16-,17+,24?,25?/m0/s1. The van der Waals surface area contributed by atoms with Crippen LogP contribution in [0.5, 0.6) is 5.75 Å². The highest BCUT2D eigenvalue weighted by Crippen LogP contribution is 2.44. The molecule has 0 bridgehead atoms. The molecule has 1 fully saturated rings. The number of benzene rings is 2. The van der Waals surface area contributed by atoms with Crippen molar-refractivity contribution in [2.75, 3.05) is 0 Å². The largest absolute Gasteiger partial charge is 0.388 e. The predicted molar refractivity (Wildman–Crippen MR) is 97.2 cm³/mol. The van der Waals surface area contributed by atoms with Crippen molar-refractivity contribution in [1.82, 2.24) is 3.71 Å². The minimum absolute atomic E-state index is 0.258. The Bertz CT molecular complexity index is 875. The molecule has 2 aromatic carbocycles. The molecule has 2 unspecified atom stereocenters. The van der Waals surface area contributed by atoms with Crippen LogP contribution < -0.4 is 4.18 Å². The number of aryl methyl sites for hydroxylation is 3. The van der Waals surface area contributed by atoms with E-state index in [1.807, 2.05) is 57.2 Å². The second-order valence-corrected chi connectivity index (χ2v) is 8.76. The van der Waals surface area contributed by atoms with Gasteiger partial charge in [-0.15, -0.1) is 0 Å². The van der Waals surface area contributed by atoms with Crippen LogP contribution in [0.2, 0.25) is 0 Å². The van der Waals surface area contributed by atoms with Gasteiger partial charge in [0, 0.05) is 6.42 Å². The van der Waals surface area contributed by atoms with Gasteiger partial charge in [-0.2, -0.15) is 4.21 Å². The van der Waals surface area contributed by atoms with Crippen LogP contribution in [0.15, 0.2) is 36.4 Å². The molecule has 0 spiro atoms. The van der Waals surface area contributed by atoms with Crippen molar-refractivity contribution in [1.29, 1.82) is 0 Å². The molecule has 0 N–H and O–H groups in total. The minimum atomic E-state index is -1.91. The van der Waals surface area contributed by atoms with Crippen LogP contribution in [0.25, 0.3) is 0 Å². The molecule has 5 nitrogen and oxygen atoms in total. The molecule has 2 aliphatic rings. The predicted octanol–water partition coefficient (Wildman–Crippen LogP) is 3.15. The lowest BCUT2D eigenvalue weighted by molar-refractivity contribution is 0.230. The highest BCUT2D eigenvalue weighted by Gasteiger charge is 2.51. The van der Waals surface area contributed by atoms with Gasteiger partial charge in [-0.1, -0.05) is 45.7 Å². The Labute approximate surface area is 152 Å². The molecule has 1 heterocycles. The average molecular weight is 377 g/mol. The number of hydrogen-bond acceptors (Lipinski definition) is 4. The molecular weight excluding hydrogens is 358 g/mol. The maximum Gasteiger partial charge on any atom is 0.305 e. The number of rotatable bonds is 3. The Kier molecular flexibility index (Phi) is 4.27. The summed E-state index contributed by atoms with van der Waals surface area (Å²) in [6.07, 6.45) is 0.411. The van der Waals surface area contributed by atoms with E-state index in [1.54, 1.807) is 0 Å². The first-order valence-electron chi connectivity index (χ1n) is 8.10. The van der Waals surface area contributed by atoms with Gasteiger partial charge in [-0.3, -0.25) is 4.18 Å². The summed E-state index contributed by atoms with van der Waals surface area (Å²) in [5, 5.41) is 0. The van der Waals surface area contributed by atoms with Gasteiger partial charge >= 0.3 is 11.3 Å². The third-order valence-electron chi connectivity index (χ3n) is 4.63. The lowest BCUT2D eigenvalue weighted by atomic mass is 10.1. The average Bonchev–Trinajstić information content (AvgIpc) is 3.04. The Morgan fingerprint density at radius 3 is 2.60 bits per heavy atom. The quantitative estimate of drug-likeness (QED) is 0.825. The van der Waals surface area contributed by atoms with Crippen LogP contribution in [0, 0.1) is 20.8 Å². The van der Waals surface area contributed by atoms with Gasteiger partial charge in [-0.25, -0.2) is 4.21 Å². The maximum absolute atomic E-state index is 12.9. The first-order valence-corrected chi connectivity index (χ1v) is 10.2. The zero-order chi connectivity index (χ0) is 17.7. The summed E-state index contributed by atoms with van der Waals surface area (Å²) in [6.45, 7) is 5.83. The molecule has 0 aromatic heterocycles. The summed E-state index contributed by atoms with van der Waals surface area (Å²) >= 11 is -3.70. The van der Waals surface area contributed by atoms with Gasteiger partial charge in [0.15, 0.2) is 0 Å². The fourth-order valence-corrected chi connectivity index (χ4v) is 6.08. The van der Waals surface area contributed by atoms with Crippen molar-refractivity contribution in [3.63, 3.8) is 0 Å². The molecule has 0 saturated carbocycles. The normalized spacial score (nSPS) is 26.3. The molecule has 1 saturated heterocycles. The molecule has 2 aromatic rings. The third kappa shape index (κ3) is 2.85. The first-order chi connectivity index (χ1) is 12.0. The number of nitrogens with zero attached hydrogens (tertiary/aromatic N) is 1. The zero-order valence-corrected chi connectivity index (χ0v) is 15.9. The summed E-state index contributed by atoms with van der Waals surface area (Å²) in [5.74, 6) is 0.565. The molecule has 4 rings (SSSR count). The zero-order valence-electron chi connectivity index (χ0n) is 14.2. The number of hydrogen-bond donors (Lipinski definition) is 0. The molecule has 0 amide bonds. The van der Waals surface area contributed by atoms with E-state index in [0.29, 0.717) is 12.2 Å². The molecule has 1 aliphatic carbocycles. The Morgan fingerprint density at radius 1 is 1.20 bits per heavy atom. The molecule has 0 radical (unpaired) electrons. The fraction of sp³-hybridized carbons (Fsp3) is 0.333. The van der Waals surface area contributed by atoms with Crippen LogP contribution in [0.1, 0.15) is 33.9 Å². The van der Waals surface area contributed by atoms with Crippen molar-refractivity contribution >= 4 is 22.5 Å². The molecular formula is C18H19NO4S2. The molecule has 132 valence electrons. The van der Waals surface area contributed by atoms with E-state index in [-0.39, 0.29) is 12.1 Å². The molecule has 4 atom stereocenters. The topological polar surface area (TPSA) is 55.8 Å². The van der Waals surface area contributed by atoms with E-state index in [9.17, 15) is 8.42 Å². The van der Waals surface area contributed by atoms with Crippen molar-refractivity contribution in [3.8, 4) is 5.75 Å². The van der Waals surface area contributed by atoms with Crippen LogP contribution in [-0.2, 0) is 33.1 Å². The van der Waals surface area contributed by atoms with Gasteiger partial charge in [0.25, 0.3) is 11.3 Å². The first kappa shape index (κ1) is 16.9. The van der Waals surface area contributed by atoms with Gasteiger partial charge in [0.2, 0.25) is 0 Å². The Morgan fingerprint density at radius 2 is 1.88 bits per heavy atom. The second-order valence-electron chi connectivity index (χ2n) is 6.51. The van der Waals surface area contributed by atoms with Crippen molar-refractivity contribution in [2.45, 2.75) is 39.3 Å². The SMILES string of the molecule is Cc1cc(C)c(OS(=O)N2[C@@H]3c4ccccc4C[C@@H]3OS2=O)c(C)c1. The van der Waals surface area contributed by atoms with Gasteiger partial charge in [0.1, 0.15) is 11.9 Å². The van der Waals surface area contributed by atoms with Crippen LogP contribution in [0.4, 0.5) is 0 Å². The Hall–Kier alpha value is -1.54. The van der Waals surface area contributed by atoms with Crippen LogP contribution in [-0.4, -0.2) is 18.2 Å². The van der Waals surface area contributed by atoms with Crippen molar-refractivity contribution in [3.05, 3.63) is 64.2 Å². The van der Waals surface area contributed by atoms with E-state index in [0.717, 1.165) is 27.8 Å². The lowest BCUT2D eigenvalue weighted by Crippen LogP contribution is -2.30. The monoisotopic (exact) mass is 377 g/mol. The summed E-state index contributed by atoms with van der Waals surface area (Å²) in [6, 6.07) is 11.5. The highest BCUT2D eigenvalue weighted by molar-refractivity contribution is 7.93. The lowest BCUT2D eigenvalue weighted by Gasteiger charge is -2.20. The van der Waals surface area contributed by atoms with Crippen LogP contribution in [0.3, 0.4) is 0 Å². The van der Waals surface area contributed by atoms with E-state index in [4.69, 9.17) is 8.37 Å². The number of fused-ring (bicyclic) bond motifs is 3. The summed E-state index contributed by atoms with van der Waals surface area (Å²) in [7, 11) is 0. The van der Waals surface area contributed by atoms with E-state index in [2.05, 4.69) is 0 Å². The smallest absolute Gasteiger partial charge is 0.305 e. The van der Waals surface area contributed by atoms with E-state index >= 15 is 0 Å². The van der Waals surface area contributed by atoms with Crippen molar-refractivity contribution in [2.24, 2.45) is 0 Å². The Balaban J connectivity index is 1.65. The van der Waals surface area contributed by atoms with E-state index in [1.165, 1.54) is 3.71 Å². The summed E-state index contributed by atoms with van der Waals surface area (Å²) < 4.78 is 37.9. The maximum atomic E-state index is 12.9. The van der Waals surface area contributed by atoms with Crippen LogP contribution >= 0.6 is 0 Å². The summed E-state index contributed by atoms with van der Waals surface area (Å²) in [5.41, 5.74) is 5.07. The molecule has 7 heteroatoms. The minimum Gasteiger partial charge on any atom is -0.388 e. The van der Waals surface area contributed by atoms with Gasteiger partial charge < -0.3 is 4.18 Å². The molecule has 25 heavy (non-hydrogen) atoms. The van der Waals surface area contributed by atoms with Gasteiger partial charge in [-0.05, 0) is 43.0 Å². The highest BCUT2D eigenvalue weighted by atomic mass is 32.3. The third-order valence-corrected chi connectivity index (χ3v) is 7.13. The van der Waals surface area contributed by atoms with Gasteiger partial charge in [0.05, 0.1) is 6.04 Å². The summed E-state index contributed by atoms with van der Waals surface area (Å²) in [4.78, 5) is 0.